The lowest BCUT2D eigenvalue weighted by atomic mass is 10.2. The van der Waals surface area contributed by atoms with Gasteiger partial charge in [-0.05, 0) is 24.3 Å². The molecule has 1 N–H and O–H groups in total. The van der Waals surface area contributed by atoms with Gasteiger partial charge in [-0.25, -0.2) is 9.97 Å². The molecule has 3 aromatic rings. The fraction of sp³-hybridized carbons (Fsp3) is 0.167. The van der Waals surface area contributed by atoms with Gasteiger partial charge in [0.15, 0.2) is 5.82 Å². The average Bonchev–Trinajstić information content (AvgIpc) is 2.67. The van der Waals surface area contributed by atoms with E-state index in [2.05, 4.69) is 25.3 Å². The van der Waals surface area contributed by atoms with E-state index in [0.29, 0.717) is 17.9 Å². The summed E-state index contributed by atoms with van der Waals surface area (Å²) in [6.07, 6.45) is 6.58. The molecule has 0 spiro atoms. The van der Waals surface area contributed by atoms with Crippen molar-refractivity contribution < 1.29 is 4.79 Å². The second kappa shape index (κ2) is 7.48. The highest BCUT2D eigenvalue weighted by atomic mass is 16.1. The highest BCUT2D eigenvalue weighted by Crippen LogP contribution is 2.18. The molecular weight excluding hydrogens is 316 g/mol. The summed E-state index contributed by atoms with van der Waals surface area (Å²) in [6, 6.07) is 9.03. The van der Waals surface area contributed by atoms with Gasteiger partial charge in [0.25, 0.3) is 5.91 Å². The van der Waals surface area contributed by atoms with Gasteiger partial charge in [-0.3, -0.25) is 14.8 Å². The first-order valence-electron chi connectivity index (χ1n) is 7.77. The van der Waals surface area contributed by atoms with Crippen LogP contribution in [-0.2, 0) is 6.54 Å². The van der Waals surface area contributed by atoms with Gasteiger partial charge >= 0.3 is 0 Å². The topological polar surface area (TPSA) is 83.9 Å². The maximum atomic E-state index is 12.2. The molecule has 0 bridgehead atoms. The van der Waals surface area contributed by atoms with Gasteiger partial charge in [0, 0.05) is 50.5 Å². The Morgan fingerprint density at radius 3 is 2.48 bits per heavy atom. The average molecular weight is 334 g/mol. The minimum Gasteiger partial charge on any atom is -0.363 e. The van der Waals surface area contributed by atoms with Crippen LogP contribution in [0.2, 0.25) is 0 Å². The third-order valence-electron chi connectivity index (χ3n) is 3.50. The Morgan fingerprint density at radius 2 is 1.84 bits per heavy atom. The van der Waals surface area contributed by atoms with E-state index in [1.54, 1.807) is 30.7 Å². The third-order valence-corrected chi connectivity index (χ3v) is 3.50. The summed E-state index contributed by atoms with van der Waals surface area (Å²) >= 11 is 0. The van der Waals surface area contributed by atoms with Crippen LogP contribution in [0.5, 0.6) is 0 Å². The fourth-order valence-electron chi connectivity index (χ4n) is 2.20. The summed E-state index contributed by atoms with van der Waals surface area (Å²) in [7, 11) is 3.82. The SMILES string of the molecule is CN(C)c1cc(CNC(=O)c2cccnc2)nc(-c2cccnc2)n1. The van der Waals surface area contributed by atoms with Crippen molar-refractivity contribution in [3.8, 4) is 11.4 Å². The first kappa shape index (κ1) is 16.5. The molecule has 3 aromatic heterocycles. The molecule has 3 heterocycles. The van der Waals surface area contributed by atoms with E-state index in [9.17, 15) is 4.79 Å². The Kier molecular flexibility index (Phi) is 4.94. The second-order valence-corrected chi connectivity index (χ2v) is 5.60. The number of anilines is 1. The fourth-order valence-corrected chi connectivity index (χ4v) is 2.20. The zero-order chi connectivity index (χ0) is 17.6. The van der Waals surface area contributed by atoms with E-state index < -0.39 is 0 Å². The number of amides is 1. The van der Waals surface area contributed by atoms with Crippen molar-refractivity contribution in [2.24, 2.45) is 0 Å². The first-order chi connectivity index (χ1) is 12.1. The van der Waals surface area contributed by atoms with E-state index in [0.717, 1.165) is 17.1 Å². The molecule has 7 heteroatoms. The first-order valence-corrected chi connectivity index (χ1v) is 7.77. The normalized spacial score (nSPS) is 10.3. The second-order valence-electron chi connectivity index (χ2n) is 5.60. The van der Waals surface area contributed by atoms with Gasteiger partial charge in [0.1, 0.15) is 5.82 Å². The quantitative estimate of drug-likeness (QED) is 0.767. The van der Waals surface area contributed by atoms with Crippen LogP contribution < -0.4 is 10.2 Å². The molecule has 0 aromatic carbocycles. The van der Waals surface area contributed by atoms with Gasteiger partial charge in [-0.1, -0.05) is 0 Å². The van der Waals surface area contributed by atoms with E-state index in [1.165, 1.54) is 6.20 Å². The Labute approximate surface area is 145 Å². The van der Waals surface area contributed by atoms with Crippen molar-refractivity contribution in [1.82, 2.24) is 25.3 Å². The summed E-state index contributed by atoms with van der Waals surface area (Å²) in [5.41, 5.74) is 2.05. The van der Waals surface area contributed by atoms with Crippen LogP contribution in [0, 0.1) is 0 Å². The molecule has 0 saturated heterocycles. The molecule has 0 saturated carbocycles. The van der Waals surface area contributed by atoms with Crippen molar-refractivity contribution in [2.75, 3.05) is 19.0 Å². The van der Waals surface area contributed by atoms with Gasteiger partial charge < -0.3 is 10.2 Å². The lowest BCUT2D eigenvalue weighted by Crippen LogP contribution is -2.24. The Hall–Kier alpha value is -3.35. The van der Waals surface area contributed by atoms with Crippen molar-refractivity contribution in [1.29, 1.82) is 0 Å². The smallest absolute Gasteiger partial charge is 0.253 e. The third kappa shape index (κ3) is 4.14. The predicted molar refractivity (Wildman–Crippen MR) is 95.0 cm³/mol. The molecule has 25 heavy (non-hydrogen) atoms. The largest absolute Gasteiger partial charge is 0.363 e. The molecule has 0 aliphatic carbocycles. The number of hydrogen-bond donors (Lipinski definition) is 1. The number of rotatable bonds is 5. The molecule has 126 valence electrons. The molecular formula is C18H18N6O. The summed E-state index contributed by atoms with van der Waals surface area (Å²) in [5, 5.41) is 2.86. The number of aromatic nitrogens is 4. The molecule has 1 amide bonds. The maximum absolute atomic E-state index is 12.2. The molecule has 0 atom stereocenters. The van der Waals surface area contributed by atoms with Gasteiger partial charge in [0.05, 0.1) is 17.8 Å². The van der Waals surface area contributed by atoms with Gasteiger partial charge in [-0.2, -0.15) is 0 Å². The zero-order valence-electron chi connectivity index (χ0n) is 14.0. The summed E-state index contributed by atoms with van der Waals surface area (Å²) in [6.45, 7) is 0.296. The zero-order valence-corrected chi connectivity index (χ0v) is 14.0. The molecule has 0 fully saturated rings. The van der Waals surface area contributed by atoms with E-state index in [4.69, 9.17) is 0 Å². The summed E-state index contributed by atoms with van der Waals surface area (Å²) in [4.78, 5) is 31.2. The molecule has 0 radical (unpaired) electrons. The molecule has 0 unspecified atom stereocenters. The van der Waals surface area contributed by atoms with Crippen LogP contribution in [0.1, 0.15) is 16.1 Å². The Balaban J connectivity index is 1.83. The standard InChI is InChI=1S/C18H18N6O/c1-24(2)16-9-15(12-21-18(25)14-6-4-8-20-11-14)22-17(23-16)13-5-3-7-19-10-13/h3-11H,12H2,1-2H3,(H,21,25). The van der Waals surface area contributed by atoms with E-state index >= 15 is 0 Å². The van der Waals surface area contributed by atoms with Crippen LogP contribution in [-0.4, -0.2) is 39.9 Å². The van der Waals surface area contributed by atoms with Crippen molar-refractivity contribution >= 4 is 11.7 Å². The van der Waals surface area contributed by atoms with Crippen LogP contribution in [0.3, 0.4) is 0 Å². The highest BCUT2D eigenvalue weighted by molar-refractivity contribution is 5.93. The molecule has 7 nitrogen and oxygen atoms in total. The highest BCUT2D eigenvalue weighted by Gasteiger charge is 2.10. The van der Waals surface area contributed by atoms with Crippen LogP contribution in [0.25, 0.3) is 11.4 Å². The van der Waals surface area contributed by atoms with E-state index in [-0.39, 0.29) is 5.91 Å². The summed E-state index contributed by atoms with van der Waals surface area (Å²) < 4.78 is 0. The molecule has 3 rings (SSSR count). The monoisotopic (exact) mass is 334 g/mol. The summed E-state index contributed by atoms with van der Waals surface area (Å²) in [5.74, 6) is 1.14. The van der Waals surface area contributed by atoms with Crippen LogP contribution >= 0.6 is 0 Å². The number of nitrogens with zero attached hydrogens (tertiary/aromatic N) is 5. The molecule has 0 aliphatic rings. The van der Waals surface area contributed by atoms with Crippen molar-refractivity contribution in [3.05, 3.63) is 66.4 Å². The van der Waals surface area contributed by atoms with Gasteiger partial charge in [-0.15, -0.1) is 0 Å². The lowest BCUT2D eigenvalue weighted by Gasteiger charge is -2.14. The van der Waals surface area contributed by atoms with Crippen LogP contribution in [0.15, 0.2) is 55.1 Å². The molecule has 0 aliphatic heterocycles. The predicted octanol–water partition coefficient (Wildman–Crippen LogP) is 1.93. The number of nitrogens with one attached hydrogen (secondary N) is 1. The number of hydrogen-bond acceptors (Lipinski definition) is 6. The Bertz CT molecular complexity index is 852. The van der Waals surface area contributed by atoms with Crippen molar-refractivity contribution in [3.63, 3.8) is 0 Å². The van der Waals surface area contributed by atoms with Crippen LogP contribution in [0.4, 0.5) is 5.82 Å². The Morgan fingerprint density at radius 1 is 1.08 bits per heavy atom. The minimum atomic E-state index is -0.193. The number of carbonyl (C=O) groups excluding carboxylic acids is 1. The minimum absolute atomic E-state index is 0.193. The van der Waals surface area contributed by atoms with E-state index in [1.807, 2.05) is 37.2 Å². The van der Waals surface area contributed by atoms with Gasteiger partial charge in [0.2, 0.25) is 0 Å². The lowest BCUT2D eigenvalue weighted by molar-refractivity contribution is 0.0950. The number of pyridine rings is 2. The maximum Gasteiger partial charge on any atom is 0.253 e. The van der Waals surface area contributed by atoms with Crippen molar-refractivity contribution in [2.45, 2.75) is 6.54 Å². The number of carbonyl (C=O) groups is 1.